The van der Waals surface area contributed by atoms with Crippen LogP contribution in [0.15, 0.2) is 82.7 Å². The van der Waals surface area contributed by atoms with Gasteiger partial charge in [0.2, 0.25) is 11.7 Å². The van der Waals surface area contributed by atoms with E-state index in [9.17, 15) is 9.59 Å². The number of hydrogen-bond acceptors (Lipinski definition) is 5. The van der Waals surface area contributed by atoms with E-state index in [1.54, 1.807) is 4.57 Å². The topological polar surface area (TPSA) is 72.5 Å². The molecule has 0 aliphatic carbocycles. The minimum Gasteiger partial charge on any atom is -0.311 e. The van der Waals surface area contributed by atoms with E-state index in [0.29, 0.717) is 22.9 Å². The molecule has 0 saturated heterocycles. The van der Waals surface area contributed by atoms with E-state index in [4.69, 9.17) is 0 Å². The van der Waals surface area contributed by atoms with Crippen LogP contribution in [-0.4, -0.2) is 36.9 Å². The van der Waals surface area contributed by atoms with Crippen LogP contribution in [-0.2, 0) is 11.2 Å². The molecule has 0 bridgehead atoms. The summed E-state index contributed by atoms with van der Waals surface area (Å²) in [6.45, 7) is 4.54. The molecule has 0 fully saturated rings. The largest absolute Gasteiger partial charge is 0.311 e. The number of aromatic nitrogens is 4. The molecule has 3 heterocycles. The van der Waals surface area contributed by atoms with Crippen LogP contribution in [0.5, 0.6) is 0 Å². The first-order valence-electron chi connectivity index (χ1n) is 11.6. The van der Waals surface area contributed by atoms with Crippen molar-refractivity contribution in [2.45, 2.75) is 30.7 Å². The Balaban J connectivity index is 1.46. The van der Waals surface area contributed by atoms with Crippen molar-refractivity contribution in [2.24, 2.45) is 0 Å². The molecule has 35 heavy (non-hydrogen) atoms. The Morgan fingerprint density at radius 1 is 0.943 bits per heavy atom. The lowest BCUT2D eigenvalue weighted by atomic mass is 10.2. The van der Waals surface area contributed by atoms with Crippen molar-refractivity contribution in [3.63, 3.8) is 0 Å². The molecule has 2 aromatic heterocycles. The van der Waals surface area contributed by atoms with Gasteiger partial charge in [-0.05, 0) is 55.7 Å². The van der Waals surface area contributed by atoms with Crippen molar-refractivity contribution in [3.05, 3.63) is 94.3 Å². The molecular formula is C27H23N5O2S. The summed E-state index contributed by atoms with van der Waals surface area (Å²) >= 11 is 1.36. The average Bonchev–Trinajstić information content (AvgIpc) is 3.49. The lowest BCUT2D eigenvalue weighted by molar-refractivity contribution is -0.117. The Bertz CT molecular complexity index is 1670. The summed E-state index contributed by atoms with van der Waals surface area (Å²) in [5.74, 6) is 0.463. The molecule has 0 radical (unpaired) electrons. The van der Waals surface area contributed by atoms with Crippen molar-refractivity contribution in [3.8, 4) is 5.69 Å². The van der Waals surface area contributed by atoms with Crippen molar-refractivity contribution in [1.82, 2.24) is 19.2 Å². The summed E-state index contributed by atoms with van der Waals surface area (Å²) in [6, 6.07) is 23.2. The zero-order valence-corrected chi connectivity index (χ0v) is 20.2. The quantitative estimate of drug-likeness (QED) is 0.356. The molecule has 1 aliphatic rings. The lowest BCUT2D eigenvalue weighted by Crippen LogP contribution is -2.35. The standard InChI is InChI=1S/C27H23N5O2S/c1-17-9-3-6-12-21(17)31-25(34)20-11-5-8-14-23(20)32-26(31)28-29-27(32)35-18(2)24(33)30-16-15-19-10-4-7-13-22(19)30/h3-14,18H,15-16H2,1-2H3. The fourth-order valence-electron chi connectivity index (χ4n) is 4.78. The molecule has 3 aromatic carbocycles. The van der Waals surface area contributed by atoms with Crippen LogP contribution in [0.2, 0.25) is 0 Å². The number of amides is 1. The van der Waals surface area contributed by atoms with E-state index in [1.165, 1.54) is 17.3 Å². The first-order chi connectivity index (χ1) is 17.0. The van der Waals surface area contributed by atoms with Crippen LogP contribution in [0.4, 0.5) is 5.69 Å². The maximum absolute atomic E-state index is 13.5. The minimum atomic E-state index is -0.383. The van der Waals surface area contributed by atoms with Gasteiger partial charge in [-0.25, -0.2) is 4.57 Å². The van der Waals surface area contributed by atoms with E-state index < -0.39 is 0 Å². The van der Waals surface area contributed by atoms with Gasteiger partial charge in [-0.2, -0.15) is 0 Å². The average molecular weight is 482 g/mol. The van der Waals surface area contributed by atoms with Crippen molar-refractivity contribution in [1.29, 1.82) is 0 Å². The molecule has 0 spiro atoms. The number of aryl methyl sites for hydroxylation is 1. The highest BCUT2D eigenvalue weighted by Gasteiger charge is 2.30. The molecule has 1 aliphatic heterocycles. The van der Waals surface area contributed by atoms with Gasteiger partial charge in [0.25, 0.3) is 5.56 Å². The third kappa shape index (κ3) is 3.44. The number of nitrogens with zero attached hydrogens (tertiary/aromatic N) is 5. The van der Waals surface area contributed by atoms with Gasteiger partial charge in [0, 0.05) is 12.2 Å². The summed E-state index contributed by atoms with van der Waals surface area (Å²) in [5, 5.41) is 9.62. The second-order valence-electron chi connectivity index (χ2n) is 8.69. The van der Waals surface area contributed by atoms with Crippen molar-refractivity contribution < 1.29 is 4.79 Å². The highest BCUT2D eigenvalue weighted by Crippen LogP contribution is 2.32. The van der Waals surface area contributed by atoms with Crippen LogP contribution in [0, 0.1) is 6.92 Å². The molecule has 0 N–H and O–H groups in total. The summed E-state index contributed by atoms with van der Waals surface area (Å²) in [5.41, 5.74) is 4.46. The molecule has 174 valence electrons. The monoisotopic (exact) mass is 481 g/mol. The van der Waals surface area contributed by atoms with Gasteiger partial charge in [0.1, 0.15) is 0 Å². The zero-order valence-electron chi connectivity index (χ0n) is 19.4. The normalized spacial score (nSPS) is 13.9. The Hall–Kier alpha value is -3.91. The smallest absolute Gasteiger partial charge is 0.267 e. The predicted molar refractivity (Wildman–Crippen MR) is 139 cm³/mol. The molecular weight excluding hydrogens is 458 g/mol. The Kier molecular flexibility index (Phi) is 5.18. The van der Waals surface area contributed by atoms with Gasteiger partial charge >= 0.3 is 0 Å². The number of anilines is 1. The summed E-state index contributed by atoms with van der Waals surface area (Å²) in [7, 11) is 0. The van der Waals surface area contributed by atoms with Gasteiger partial charge in [-0.1, -0.05) is 60.3 Å². The van der Waals surface area contributed by atoms with Gasteiger partial charge < -0.3 is 4.90 Å². The SMILES string of the molecule is Cc1ccccc1-n1c(=O)c2ccccc2n2c(SC(C)C(=O)N3CCc4ccccc43)nnc12. The second-order valence-corrected chi connectivity index (χ2v) is 10.00. The van der Waals surface area contributed by atoms with Gasteiger partial charge in [-0.15, -0.1) is 10.2 Å². The van der Waals surface area contributed by atoms with Crippen LogP contribution >= 0.6 is 11.8 Å². The number of carbonyl (C=O) groups excluding carboxylic acids is 1. The third-order valence-electron chi connectivity index (χ3n) is 6.53. The highest BCUT2D eigenvalue weighted by molar-refractivity contribution is 8.00. The molecule has 1 amide bonds. The lowest BCUT2D eigenvalue weighted by Gasteiger charge is -2.21. The second kappa shape index (κ2) is 8.39. The van der Waals surface area contributed by atoms with Crippen LogP contribution < -0.4 is 10.5 Å². The number of para-hydroxylation sites is 3. The van der Waals surface area contributed by atoms with E-state index in [2.05, 4.69) is 16.3 Å². The van der Waals surface area contributed by atoms with Gasteiger partial charge in [0.05, 0.1) is 21.8 Å². The summed E-state index contributed by atoms with van der Waals surface area (Å²) < 4.78 is 3.49. The van der Waals surface area contributed by atoms with E-state index in [-0.39, 0.29) is 16.7 Å². The van der Waals surface area contributed by atoms with E-state index >= 15 is 0 Å². The number of rotatable bonds is 4. The Morgan fingerprint density at radius 3 is 2.49 bits per heavy atom. The Labute approximate surface area is 206 Å². The maximum Gasteiger partial charge on any atom is 0.267 e. The van der Waals surface area contributed by atoms with E-state index in [1.807, 2.05) is 89.9 Å². The Morgan fingerprint density at radius 2 is 1.66 bits per heavy atom. The number of thioether (sulfide) groups is 1. The van der Waals surface area contributed by atoms with Gasteiger partial charge in [0.15, 0.2) is 5.16 Å². The summed E-state index contributed by atoms with van der Waals surface area (Å²) in [6.07, 6.45) is 0.862. The molecule has 0 saturated carbocycles. The molecule has 7 nitrogen and oxygen atoms in total. The van der Waals surface area contributed by atoms with Crippen molar-refractivity contribution in [2.75, 3.05) is 11.4 Å². The summed E-state index contributed by atoms with van der Waals surface area (Å²) in [4.78, 5) is 28.8. The fraction of sp³-hybridized carbons (Fsp3) is 0.185. The molecule has 5 aromatic rings. The molecule has 1 atom stereocenters. The number of hydrogen-bond donors (Lipinski definition) is 0. The molecule has 1 unspecified atom stereocenters. The number of fused-ring (bicyclic) bond motifs is 4. The van der Waals surface area contributed by atoms with Crippen LogP contribution in [0.3, 0.4) is 0 Å². The molecule has 8 heteroatoms. The minimum absolute atomic E-state index is 0.0354. The predicted octanol–water partition coefficient (Wildman–Crippen LogP) is 4.41. The first-order valence-corrected chi connectivity index (χ1v) is 12.4. The molecule has 6 rings (SSSR count). The van der Waals surface area contributed by atoms with Crippen molar-refractivity contribution >= 4 is 40.0 Å². The number of benzene rings is 3. The first kappa shape index (κ1) is 21.6. The zero-order chi connectivity index (χ0) is 24.1. The maximum atomic E-state index is 13.5. The fourth-order valence-corrected chi connectivity index (χ4v) is 5.70. The van der Waals surface area contributed by atoms with Crippen LogP contribution in [0.25, 0.3) is 22.4 Å². The van der Waals surface area contributed by atoms with E-state index in [0.717, 1.165) is 28.9 Å². The van der Waals surface area contributed by atoms with Crippen LogP contribution in [0.1, 0.15) is 18.1 Å². The third-order valence-corrected chi connectivity index (χ3v) is 7.56. The number of carbonyl (C=O) groups is 1. The van der Waals surface area contributed by atoms with Gasteiger partial charge in [-0.3, -0.25) is 14.0 Å². The highest BCUT2D eigenvalue weighted by atomic mass is 32.2.